The molecule has 0 atom stereocenters. The number of nitrogens with zero attached hydrogens (tertiary/aromatic N) is 1. The Bertz CT molecular complexity index is 676. The summed E-state index contributed by atoms with van der Waals surface area (Å²) in [6, 6.07) is 4.61. The van der Waals surface area contributed by atoms with Crippen molar-refractivity contribution in [1.82, 2.24) is 4.98 Å². The van der Waals surface area contributed by atoms with E-state index in [9.17, 15) is 9.90 Å². The smallest absolute Gasteiger partial charge is 0.337 e. The second-order valence-electron chi connectivity index (χ2n) is 4.04. The van der Waals surface area contributed by atoms with Gasteiger partial charge in [-0.15, -0.1) is 0 Å². The van der Waals surface area contributed by atoms with Gasteiger partial charge in [-0.25, -0.2) is 4.79 Å². The first-order chi connectivity index (χ1) is 10.1. The quantitative estimate of drug-likeness (QED) is 0.883. The monoisotopic (exact) mass is 308 g/mol. The lowest BCUT2D eigenvalue weighted by molar-refractivity contribution is 0.0698. The number of benzene rings is 1. The van der Waals surface area contributed by atoms with Gasteiger partial charge in [0.15, 0.2) is 0 Å². The molecule has 6 nitrogen and oxygen atoms in total. The lowest BCUT2D eigenvalue weighted by Crippen LogP contribution is -2.04. The van der Waals surface area contributed by atoms with E-state index >= 15 is 0 Å². The molecule has 1 aromatic heterocycles. The number of halogens is 1. The molecule has 1 heterocycles. The number of hydrogen-bond acceptors (Lipinski definition) is 5. The highest BCUT2D eigenvalue weighted by Gasteiger charge is 2.14. The normalized spacial score (nSPS) is 10.0. The molecule has 0 saturated carbocycles. The second-order valence-corrected chi connectivity index (χ2v) is 4.45. The zero-order chi connectivity index (χ0) is 15.4. The fraction of sp³-hybridized carbons (Fsp3) is 0.143. The van der Waals surface area contributed by atoms with Gasteiger partial charge in [0.25, 0.3) is 0 Å². The van der Waals surface area contributed by atoms with Gasteiger partial charge in [0.2, 0.25) is 0 Å². The summed E-state index contributed by atoms with van der Waals surface area (Å²) in [5, 5.41) is 12.5. The molecular formula is C14H13ClN2O4. The third-order valence-electron chi connectivity index (χ3n) is 2.79. The molecule has 0 aliphatic heterocycles. The number of aromatic nitrogens is 1. The van der Waals surface area contributed by atoms with Crippen molar-refractivity contribution in [2.24, 2.45) is 0 Å². The number of ether oxygens (including phenoxy) is 2. The van der Waals surface area contributed by atoms with Gasteiger partial charge in [0, 0.05) is 18.3 Å². The zero-order valence-electron chi connectivity index (χ0n) is 11.4. The molecule has 2 rings (SSSR count). The standard InChI is InChI=1S/C14H13ClN2O4/c1-20-12-6-10(13(21-2)5-9(12)15)17-11-7-16-4-3-8(11)14(18)19/h3-7,17H,1-2H3,(H,18,19). The molecule has 7 heteroatoms. The van der Waals surface area contributed by atoms with Gasteiger partial charge >= 0.3 is 5.97 Å². The summed E-state index contributed by atoms with van der Waals surface area (Å²) in [5.41, 5.74) is 0.961. The average molecular weight is 309 g/mol. The third kappa shape index (κ3) is 3.17. The van der Waals surface area contributed by atoms with Crippen LogP contribution in [-0.2, 0) is 0 Å². The molecule has 0 saturated heterocycles. The zero-order valence-corrected chi connectivity index (χ0v) is 12.1. The molecule has 21 heavy (non-hydrogen) atoms. The second kappa shape index (κ2) is 6.32. The Labute approximate surface area is 126 Å². The Morgan fingerprint density at radius 3 is 2.57 bits per heavy atom. The Morgan fingerprint density at radius 2 is 1.95 bits per heavy atom. The maximum atomic E-state index is 11.2. The van der Waals surface area contributed by atoms with Gasteiger partial charge in [0.05, 0.1) is 42.4 Å². The van der Waals surface area contributed by atoms with Crippen molar-refractivity contribution < 1.29 is 19.4 Å². The lowest BCUT2D eigenvalue weighted by atomic mass is 10.2. The molecule has 2 aromatic rings. The number of nitrogens with one attached hydrogen (secondary N) is 1. The topological polar surface area (TPSA) is 80.7 Å². The summed E-state index contributed by atoms with van der Waals surface area (Å²) in [4.78, 5) is 15.1. The van der Waals surface area contributed by atoms with Crippen molar-refractivity contribution in [3.05, 3.63) is 41.2 Å². The van der Waals surface area contributed by atoms with Gasteiger partial charge < -0.3 is 19.9 Å². The highest BCUT2D eigenvalue weighted by Crippen LogP contribution is 2.37. The van der Waals surface area contributed by atoms with Crippen molar-refractivity contribution in [3.8, 4) is 11.5 Å². The molecule has 0 bridgehead atoms. The average Bonchev–Trinajstić information content (AvgIpc) is 2.48. The summed E-state index contributed by atoms with van der Waals surface area (Å²) in [5.74, 6) is -0.151. The number of carboxylic acids is 1. The molecule has 1 aromatic carbocycles. The van der Waals surface area contributed by atoms with E-state index in [4.69, 9.17) is 21.1 Å². The van der Waals surface area contributed by atoms with Crippen LogP contribution >= 0.6 is 11.6 Å². The van der Waals surface area contributed by atoms with Gasteiger partial charge in [-0.05, 0) is 6.07 Å². The number of carbonyl (C=O) groups is 1. The van der Waals surface area contributed by atoms with Gasteiger partial charge in [-0.3, -0.25) is 4.98 Å². The van der Waals surface area contributed by atoms with Gasteiger partial charge in [-0.1, -0.05) is 11.6 Å². The molecule has 0 spiro atoms. The number of rotatable bonds is 5. The third-order valence-corrected chi connectivity index (χ3v) is 3.09. The molecule has 0 unspecified atom stereocenters. The Hall–Kier alpha value is -2.47. The predicted octanol–water partition coefficient (Wildman–Crippen LogP) is 3.19. The fourth-order valence-corrected chi connectivity index (χ4v) is 2.01. The van der Waals surface area contributed by atoms with E-state index in [1.807, 2.05) is 0 Å². The number of aromatic carboxylic acids is 1. The van der Waals surface area contributed by atoms with Crippen LogP contribution in [0.5, 0.6) is 11.5 Å². The Balaban J connectivity index is 2.46. The Kier molecular flexibility index (Phi) is 4.49. The van der Waals surface area contributed by atoms with E-state index in [1.54, 1.807) is 12.1 Å². The van der Waals surface area contributed by atoms with Crippen LogP contribution in [0.1, 0.15) is 10.4 Å². The minimum absolute atomic E-state index is 0.0981. The maximum absolute atomic E-state index is 11.2. The van der Waals surface area contributed by atoms with Crippen molar-refractivity contribution >= 4 is 28.9 Å². The summed E-state index contributed by atoms with van der Waals surface area (Å²) >= 11 is 6.03. The van der Waals surface area contributed by atoms with Crippen LogP contribution in [0.15, 0.2) is 30.6 Å². The summed E-state index contributed by atoms with van der Waals surface area (Å²) in [6.07, 6.45) is 2.83. The molecule has 0 aliphatic carbocycles. The summed E-state index contributed by atoms with van der Waals surface area (Å²) < 4.78 is 10.4. The van der Waals surface area contributed by atoms with Crippen LogP contribution in [0.25, 0.3) is 0 Å². The molecule has 0 fully saturated rings. The first-order valence-corrected chi connectivity index (χ1v) is 6.30. The predicted molar refractivity (Wildman–Crippen MR) is 79.0 cm³/mol. The van der Waals surface area contributed by atoms with E-state index in [-0.39, 0.29) is 5.56 Å². The van der Waals surface area contributed by atoms with E-state index in [2.05, 4.69) is 10.3 Å². The van der Waals surface area contributed by atoms with E-state index < -0.39 is 5.97 Å². The van der Waals surface area contributed by atoms with Crippen molar-refractivity contribution in [2.75, 3.05) is 19.5 Å². The van der Waals surface area contributed by atoms with Crippen LogP contribution in [-0.4, -0.2) is 30.3 Å². The number of pyridine rings is 1. The highest BCUT2D eigenvalue weighted by atomic mass is 35.5. The summed E-state index contributed by atoms with van der Waals surface area (Å²) in [6.45, 7) is 0. The Morgan fingerprint density at radius 1 is 1.24 bits per heavy atom. The van der Waals surface area contributed by atoms with Crippen molar-refractivity contribution in [3.63, 3.8) is 0 Å². The highest BCUT2D eigenvalue weighted by molar-refractivity contribution is 6.32. The van der Waals surface area contributed by atoms with E-state index in [0.717, 1.165) is 0 Å². The SMILES string of the molecule is COc1cc(Nc2cnccc2C(=O)O)c(OC)cc1Cl. The van der Waals surface area contributed by atoms with Crippen molar-refractivity contribution in [2.45, 2.75) is 0 Å². The van der Waals surface area contributed by atoms with Crippen LogP contribution in [0.4, 0.5) is 11.4 Å². The van der Waals surface area contributed by atoms with Crippen molar-refractivity contribution in [1.29, 1.82) is 0 Å². The number of anilines is 2. The molecule has 2 N–H and O–H groups in total. The molecule has 0 aliphatic rings. The molecule has 0 amide bonds. The molecule has 0 radical (unpaired) electrons. The lowest BCUT2D eigenvalue weighted by Gasteiger charge is -2.14. The van der Waals surface area contributed by atoms with Crippen LogP contribution < -0.4 is 14.8 Å². The fourth-order valence-electron chi connectivity index (χ4n) is 1.78. The van der Waals surface area contributed by atoms with Gasteiger partial charge in [0.1, 0.15) is 11.5 Å². The largest absolute Gasteiger partial charge is 0.495 e. The molecule has 110 valence electrons. The van der Waals surface area contributed by atoms with E-state index in [1.165, 1.54) is 32.7 Å². The number of carboxylic acid groups (broad SMARTS) is 1. The minimum atomic E-state index is -1.06. The number of hydrogen-bond donors (Lipinski definition) is 2. The minimum Gasteiger partial charge on any atom is -0.495 e. The van der Waals surface area contributed by atoms with Gasteiger partial charge in [-0.2, -0.15) is 0 Å². The van der Waals surface area contributed by atoms with Crippen LogP contribution in [0.2, 0.25) is 5.02 Å². The maximum Gasteiger partial charge on any atom is 0.337 e. The number of methoxy groups -OCH3 is 2. The molecular weight excluding hydrogens is 296 g/mol. The van der Waals surface area contributed by atoms with Crippen LogP contribution in [0.3, 0.4) is 0 Å². The van der Waals surface area contributed by atoms with Crippen LogP contribution in [0, 0.1) is 0 Å². The van der Waals surface area contributed by atoms with E-state index in [0.29, 0.717) is 27.9 Å². The summed E-state index contributed by atoms with van der Waals surface area (Å²) in [7, 11) is 2.98. The first-order valence-electron chi connectivity index (χ1n) is 5.92. The first kappa shape index (κ1) is 14.9.